The van der Waals surface area contributed by atoms with E-state index in [1.807, 2.05) is 12.1 Å². The van der Waals surface area contributed by atoms with E-state index in [-0.39, 0.29) is 27.8 Å². The predicted octanol–water partition coefficient (Wildman–Crippen LogP) is 3.78. The van der Waals surface area contributed by atoms with Crippen LogP contribution in [-0.4, -0.2) is 21.7 Å². The number of alkyl halides is 3. The van der Waals surface area contributed by atoms with Gasteiger partial charge in [-0.3, -0.25) is 4.98 Å². The quantitative estimate of drug-likeness (QED) is 0.711. The highest BCUT2D eigenvalue weighted by Gasteiger charge is 2.36. The Balaban J connectivity index is 1.96. The fourth-order valence-corrected chi connectivity index (χ4v) is 2.82. The van der Waals surface area contributed by atoms with Crippen molar-refractivity contribution in [2.75, 3.05) is 6.54 Å². The van der Waals surface area contributed by atoms with Gasteiger partial charge in [-0.1, -0.05) is 22.5 Å². The smallest absolute Gasteiger partial charge is 0.429 e. The van der Waals surface area contributed by atoms with Crippen LogP contribution in [0.1, 0.15) is 16.1 Å². The minimum Gasteiger partial charge on any atom is -0.429 e. The molecule has 138 valence electrons. The largest absolute Gasteiger partial charge is 0.445 e. The summed E-state index contributed by atoms with van der Waals surface area (Å²) in [7, 11) is 0. The lowest BCUT2D eigenvalue weighted by Crippen LogP contribution is -2.03. The van der Waals surface area contributed by atoms with E-state index < -0.39 is 11.2 Å². The first-order chi connectivity index (χ1) is 12.9. The summed E-state index contributed by atoms with van der Waals surface area (Å²) in [6.45, 7) is 0.491. The molecule has 0 fully saturated rings. The molecule has 2 N–H and O–H groups in total. The standard InChI is InChI=1S/C17H12F3N5OS/c18-17(19,20)15-24-25-16(27-15)26-14-7-11(8-22)1-3-12(14)13-4-2-10(5-6-21)9-23-13/h1-4,7,9H,5-6,21H2. The molecule has 0 bridgehead atoms. The summed E-state index contributed by atoms with van der Waals surface area (Å²) in [5, 5.41) is 14.2. The molecular formula is C17H12F3N5OS. The number of nitrogens with two attached hydrogens (primary N) is 1. The Hall–Kier alpha value is -3.03. The highest BCUT2D eigenvalue weighted by molar-refractivity contribution is 7.13. The van der Waals surface area contributed by atoms with Crippen LogP contribution in [0, 0.1) is 11.3 Å². The van der Waals surface area contributed by atoms with Crippen molar-refractivity contribution in [3.05, 3.63) is 52.7 Å². The van der Waals surface area contributed by atoms with Crippen LogP contribution in [0.4, 0.5) is 13.2 Å². The minimum atomic E-state index is -4.60. The van der Waals surface area contributed by atoms with E-state index in [0.717, 1.165) is 5.56 Å². The molecule has 0 atom stereocenters. The van der Waals surface area contributed by atoms with Crippen molar-refractivity contribution >= 4 is 11.3 Å². The van der Waals surface area contributed by atoms with Crippen molar-refractivity contribution in [3.8, 4) is 28.3 Å². The molecule has 0 unspecified atom stereocenters. The fraction of sp³-hybridized carbons (Fsp3) is 0.176. The molecule has 0 saturated carbocycles. The predicted molar refractivity (Wildman–Crippen MR) is 92.1 cm³/mol. The topological polar surface area (TPSA) is 97.7 Å². The van der Waals surface area contributed by atoms with Gasteiger partial charge in [-0.25, -0.2) is 0 Å². The third-order valence-electron chi connectivity index (χ3n) is 3.49. The van der Waals surface area contributed by atoms with Gasteiger partial charge in [0.2, 0.25) is 5.01 Å². The molecule has 6 nitrogen and oxygen atoms in total. The maximum atomic E-state index is 12.7. The SMILES string of the molecule is N#Cc1ccc(-c2ccc(CCN)cn2)c(Oc2nnc(C(F)(F)F)s2)c1. The van der Waals surface area contributed by atoms with Crippen molar-refractivity contribution in [3.63, 3.8) is 0 Å². The first-order valence-corrected chi connectivity index (χ1v) is 8.50. The monoisotopic (exact) mass is 391 g/mol. The number of benzene rings is 1. The zero-order valence-electron chi connectivity index (χ0n) is 13.7. The summed E-state index contributed by atoms with van der Waals surface area (Å²) in [4.78, 5) is 4.34. The van der Waals surface area contributed by atoms with Crippen LogP contribution in [0.25, 0.3) is 11.3 Å². The van der Waals surface area contributed by atoms with Gasteiger partial charge >= 0.3 is 6.18 Å². The summed E-state index contributed by atoms with van der Waals surface area (Å²) >= 11 is 0.274. The average molecular weight is 391 g/mol. The van der Waals surface area contributed by atoms with Crippen LogP contribution < -0.4 is 10.5 Å². The minimum absolute atomic E-state index is 0.165. The summed E-state index contributed by atoms with van der Waals surface area (Å²) in [6.07, 6.45) is -2.26. The van der Waals surface area contributed by atoms with E-state index in [0.29, 0.717) is 24.2 Å². The molecule has 10 heteroatoms. The molecule has 0 amide bonds. The zero-order chi connectivity index (χ0) is 19.4. The first kappa shape index (κ1) is 18.8. The van der Waals surface area contributed by atoms with Gasteiger partial charge in [-0.2, -0.15) is 18.4 Å². The normalized spacial score (nSPS) is 11.2. The number of nitriles is 1. The van der Waals surface area contributed by atoms with E-state index in [4.69, 9.17) is 15.7 Å². The molecule has 2 heterocycles. The molecule has 0 aliphatic heterocycles. The second-order valence-corrected chi connectivity index (χ2v) is 6.33. The summed E-state index contributed by atoms with van der Waals surface area (Å²) < 4.78 is 43.6. The van der Waals surface area contributed by atoms with E-state index in [1.54, 1.807) is 24.4 Å². The number of pyridine rings is 1. The van der Waals surface area contributed by atoms with Crippen molar-refractivity contribution < 1.29 is 17.9 Å². The van der Waals surface area contributed by atoms with Gasteiger partial charge in [0.1, 0.15) is 5.75 Å². The molecule has 0 spiro atoms. The number of hydrogen-bond acceptors (Lipinski definition) is 7. The maximum Gasteiger partial charge on any atom is 0.445 e. The average Bonchev–Trinajstić information content (AvgIpc) is 3.12. The Kier molecular flexibility index (Phi) is 5.34. The van der Waals surface area contributed by atoms with Gasteiger partial charge in [0.05, 0.1) is 17.3 Å². The summed E-state index contributed by atoms with van der Waals surface area (Å²) in [6, 6.07) is 10.2. The van der Waals surface area contributed by atoms with Gasteiger partial charge < -0.3 is 10.5 Å². The van der Waals surface area contributed by atoms with Crippen LogP contribution in [0.5, 0.6) is 10.9 Å². The van der Waals surface area contributed by atoms with E-state index in [9.17, 15) is 13.2 Å². The van der Waals surface area contributed by atoms with Crippen molar-refractivity contribution in [2.45, 2.75) is 12.6 Å². The molecule has 27 heavy (non-hydrogen) atoms. The number of aromatic nitrogens is 3. The van der Waals surface area contributed by atoms with Crippen LogP contribution in [0.2, 0.25) is 0 Å². The Labute approximate surface area is 156 Å². The number of halogens is 3. The van der Waals surface area contributed by atoms with Gasteiger partial charge in [0, 0.05) is 11.8 Å². The highest BCUT2D eigenvalue weighted by Crippen LogP contribution is 2.38. The zero-order valence-corrected chi connectivity index (χ0v) is 14.5. The Bertz CT molecular complexity index is 979. The fourth-order valence-electron chi connectivity index (χ4n) is 2.25. The lowest BCUT2D eigenvalue weighted by Gasteiger charge is -2.09. The van der Waals surface area contributed by atoms with Crippen molar-refractivity contribution in [1.82, 2.24) is 15.2 Å². The summed E-state index contributed by atoms with van der Waals surface area (Å²) in [5.41, 5.74) is 7.80. The molecular weight excluding hydrogens is 379 g/mol. The van der Waals surface area contributed by atoms with Gasteiger partial charge in [-0.15, -0.1) is 5.10 Å². The van der Waals surface area contributed by atoms with Gasteiger partial charge in [0.25, 0.3) is 5.19 Å². The summed E-state index contributed by atoms with van der Waals surface area (Å²) in [5.74, 6) is 0.165. The second kappa shape index (κ2) is 7.69. The third-order valence-corrected chi connectivity index (χ3v) is 4.34. The van der Waals surface area contributed by atoms with Gasteiger partial charge in [-0.05, 0) is 42.8 Å². The number of nitrogens with zero attached hydrogens (tertiary/aromatic N) is 4. The van der Waals surface area contributed by atoms with E-state index >= 15 is 0 Å². The highest BCUT2D eigenvalue weighted by atomic mass is 32.1. The van der Waals surface area contributed by atoms with Crippen LogP contribution in [0.15, 0.2) is 36.5 Å². The first-order valence-electron chi connectivity index (χ1n) is 7.69. The Morgan fingerprint density at radius 3 is 2.59 bits per heavy atom. The molecule has 0 aliphatic rings. The third kappa shape index (κ3) is 4.39. The molecule has 3 rings (SSSR count). The van der Waals surface area contributed by atoms with E-state index in [2.05, 4.69) is 15.2 Å². The molecule has 2 aromatic heterocycles. The van der Waals surface area contributed by atoms with Crippen LogP contribution >= 0.6 is 11.3 Å². The molecule has 0 saturated heterocycles. The molecule has 0 radical (unpaired) electrons. The van der Waals surface area contributed by atoms with Gasteiger partial charge in [0.15, 0.2) is 0 Å². The Morgan fingerprint density at radius 2 is 2.00 bits per heavy atom. The van der Waals surface area contributed by atoms with Crippen molar-refractivity contribution in [2.24, 2.45) is 5.73 Å². The lowest BCUT2D eigenvalue weighted by molar-refractivity contribution is -0.138. The lowest BCUT2D eigenvalue weighted by atomic mass is 10.1. The van der Waals surface area contributed by atoms with E-state index in [1.165, 1.54) is 6.07 Å². The number of ether oxygens (including phenoxy) is 1. The van der Waals surface area contributed by atoms with Crippen molar-refractivity contribution in [1.29, 1.82) is 5.26 Å². The molecule has 1 aromatic carbocycles. The molecule has 0 aliphatic carbocycles. The number of rotatable bonds is 5. The second-order valence-electron chi connectivity index (χ2n) is 5.39. The molecule has 3 aromatic rings. The Morgan fingerprint density at radius 1 is 1.19 bits per heavy atom. The van der Waals surface area contributed by atoms with Crippen LogP contribution in [0.3, 0.4) is 0 Å². The maximum absolute atomic E-state index is 12.7. The van der Waals surface area contributed by atoms with Crippen LogP contribution in [-0.2, 0) is 12.6 Å². The number of hydrogen-bond donors (Lipinski definition) is 1.